The molecule has 0 aliphatic heterocycles. The van der Waals surface area contributed by atoms with E-state index in [0.29, 0.717) is 34.3 Å². The minimum absolute atomic E-state index is 0.123. The van der Waals surface area contributed by atoms with Gasteiger partial charge in [-0.2, -0.15) is 4.98 Å². The van der Waals surface area contributed by atoms with E-state index in [1.165, 1.54) is 0 Å². The summed E-state index contributed by atoms with van der Waals surface area (Å²) in [7, 11) is 0. The number of nitrogens with one attached hydrogen (secondary N) is 2. The summed E-state index contributed by atoms with van der Waals surface area (Å²) in [5, 5.41) is 9.50. The molecule has 0 unspecified atom stereocenters. The van der Waals surface area contributed by atoms with E-state index >= 15 is 0 Å². The lowest BCUT2D eigenvalue weighted by Crippen LogP contribution is -2.25. The molecule has 0 atom stereocenters. The van der Waals surface area contributed by atoms with E-state index in [9.17, 15) is 9.59 Å². The van der Waals surface area contributed by atoms with Gasteiger partial charge in [0.25, 0.3) is 11.8 Å². The van der Waals surface area contributed by atoms with Crippen molar-refractivity contribution in [2.24, 2.45) is 0 Å². The molecule has 0 saturated heterocycles. The Bertz CT molecular complexity index is 1030. The number of carbonyl (C=O) groups is 2. The van der Waals surface area contributed by atoms with Gasteiger partial charge in [-0.15, -0.1) is 0 Å². The van der Waals surface area contributed by atoms with E-state index in [2.05, 4.69) is 20.8 Å². The number of anilines is 1. The molecule has 0 bridgehead atoms. The Morgan fingerprint density at radius 1 is 1.10 bits per heavy atom. The van der Waals surface area contributed by atoms with Crippen LogP contribution in [-0.2, 0) is 6.61 Å². The highest BCUT2D eigenvalue weighted by Crippen LogP contribution is 2.20. The zero-order valence-corrected chi connectivity index (χ0v) is 15.8. The minimum Gasteiger partial charge on any atom is -0.485 e. The maximum absolute atomic E-state index is 12.5. The molecule has 29 heavy (non-hydrogen) atoms. The first kappa shape index (κ1) is 18.7. The molecular formula is C21H20N4O4. The summed E-state index contributed by atoms with van der Waals surface area (Å²) in [5.74, 6) is 1.12. The molecule has 3 aromatic rings. The van der Waals surface area contributed by atoms with Crippen LogP contribution in [0, 0.1) is 6.92 Å². The molecule has 2 aromatic carbocycles. The van der Waals surface area contributed by atoms with Crippen molar-refractivity contribution in [2.75, 3.05) is 5.32 Å². The fraction of sp³-hybridized carbons (Fsp3) is 0.238. The van der Waals surface area contributed by atoms with E-state index in [0.717, 1.165) is 12.8 Å². The Morgan fingerprint density at radius 3 is 2.59 bits per heavy atom. The van der Waals surface area contributed by atoms with Gasteiger partial charge in [-0.1, -0.05) is 11.2 Å². The van der Waals surface area contributed by atoms with Gasteiger partial charge < -0.3 is 19.9 Å². The number of amides is 2. The van der Waals surface area contributed by atoms with E-state index < -0.39 is 0 Å². The molecule has 1 fully saturated rings. The van der Waals surface area contributed by atoms with Gasteiger partial charge in [0, 0.05) is 29.8 Å². The van der Waals surface area contributed by atoms with Crippen LogP contribution in [0.1, 0.15) is 45.3 Å². The molecule has 0 radical (unpaired) electrons. The maximum atomic E-state index is 12.5. The summed E-state index contributed by atoms with van der Waals surface area (Å²) in [6.45, 7) is 1.89. The number of benzene rings is 2. The molecule has 4 rings (SSSR count). The zero-order chi connectivity index (χ0) is 20.2. The van der Waals surface area contributed by atoms with E-state index in [1.807, 2.05) is 0 Å². The third-order valence-corrected chi connectivity index (χ3v) is 4.35. The quantitative estimate of drug-likeness (QED) is 0.640. The normalized spacial score (nSPS) is 13.0. The Labute approximate surface area is 167 Å². The largest absolute Gasteiger partial charge is 0.485 e. The van der Waals surface area contributed by atoms with Crippen molar-refractivity contribution < 1.29 is 18.8 Å². The fourth-order valence-electron chi connectivity index (χ4n) is 2.69. The van der Waals surface area contributed by atoms with Crippen molar-refractivity contribution in [3.8, 4) is 5.75 Å². The number of rotatable bonds is 7. The monoisotopic (exact) mass is 392 g/mol. The first-order valence-corrected chi connectivity index (χ1v) is 9.31. The molecule has 1 heterocycles. The van der Waals surface area contributed by atoms with Crippen LogP contribution in [0.5, 0.6) is 5.75 Å². The lowest BCUT2D eigenvalue weighted by molar-refractivity contribution is 0.0949. The summed E-state index contributed by atoms with van der Waals surface area (Å²) in [4.78, 5) is 28.7. The average Bonchev–Trinajstić information content (AvgIpc) is 3.45. The standard InChI is InChI=1S/C21H20N4O4/c1-13-22-19(25-29-13)12-28-18-9-5-14(6-10-18)20(26)24-17-4-2-3-15(11-17)21(27)23-16-7-8-16/h2-6,9-11,16H,7-8,12H2,1H3,(H,23,27)(H,24,26). The molecule has 1 saturated carbocycles. The topological polar surface area (TPSA) is 106 Å². The summed E-state index contributed by atoms with van der Waals surface area (Å²) in [5.41, 5.74) is 1.56. The Balaban J connectivity index is 1.35. The van der Waals surface area contributed by atoms with Crippen LogP contribution in [0.4, 0.5) is 5.69 Å². The van der Waals surface area contributed by atoms with Crippen molar-refractivity contribution in [1.29, 1.82) is 0 Å². The number of nitrogens with zero attached hydrogens (tertiary/aromatic N) is 2. The number of hydrogen-bond acceptors (Lipinski definition) is 6. The fourth-order valence-corrected chi connectivity index (χ4v) is 2.69. The zero-order valence-electron chi connectivity index (χ0n) is 15.8. The smallest absolute Gasteiger partial charge is 0.255 e. The molecule has 8 nitrogen and oxygen atoms in total. The van der Waals surface area contributed by atoms with E-state index in [4.69, 9.17) is 9.26 Å². The highest BCUT2D eigenvalue weighted by Gasteiger charge is 2.23. The molecule has 1 aliphatic carbocycles. The Morgan fingerprint density at radius 2 is 1.90 bits per heavy atom. The molecule has 1 aromatic heterocycles. The molecule has 1 aliphatic rings. The Kier molecular flexibility index (Phi) is 5.24. The van der Waals surface area contributed by atoms with Crippen LogP contribution in [0.2, 0.25) is 0 Å². The van der Waals surface area contributed by atoms with Crippen molar-refractivity contribution in [3.05, 3.63) is 71.4 Å². The van der Waals surface area contributed by atoms with Gasteiger partial charge >= 0.3 is 0 Å². The molecular weight excluding hydrogens is 372 g/mol. The lowest BCUT2D eigenvalue weighted by Gasteiger charge is -2.09. The lowest BCUT2D eigenvalue weighted by atomic mass is 10.1. The number of aryl methyl sites for hydroxylation is 1. The first-order chi connectivity index (χ1) is 14.1. The highest BCUT2D eigenvalue weighted by molar-refractivity contribution is 6.05. The minimum atomic E-state index is -0.273. The van der Waals surface area contributed by atoms with Gasteiger partial charge in [0.2, 0.25) is 11.7 Å². The van der Waals surface area contributed by atoms with Gasteiger partial charge in [-0.25, -0.2) is 0 Å². The van der Waals surface area contributed by atoms with Crippen LogP contribution in [0.3, 0.4) is 0 Å². The third-order valence-electron chi connectivity index (χ3n) is 4.35. The predicted molar refractivity (Wildman–Crippen MR) is 105 cm³/mol. The van der Waals surface area contributed by atoms with Crippen LogP contribution >= 0.6 is 0 Å². The van der Waals surface area contributed by atoms with Crippen molar-refractivity contribution in [2.45, 2.75) is 32.4 Å². The first-order valence-electron chi connectivity index (χ1n) is 9.31. The second kappa shape index (κ2) is 8.14. The van der Waals surface area contributed by atoms with E-state index in [-0.39, 0.29) is 24.5 Å². The SMILES string of the molecule is Cc1nc(COc2ccc(C(=O)Nc3cccc(C(=O)NC4CC4)c3)cc2)no1. The average molecular weight is 392 g/mol. The third kappa shape index (κ3) is 4.98. The second-order valence-corrected chi connectivity index (χ2v) is 6.83. The second-order valence-electron chi connectivity index (χ2n) is 6.83. The van der Waals surface area contributed by atoms with Crippen molar-refractivity contribution in [1.82, 2.24) is 15.5 Å². The number of hydrogen-bond donors (Lipinski definition) is 2. The van der Waals surface area contributed by atoms with Crippen LogP contribution in [-0.4, -0.2) is 28.0 Å². The number of aromatic nitrogens is 2. The van der Waals surface area contributed by atoms with Crippen LogP contribution in [0.25, 0.3) is 0 Å². The van der Waals surface area contributed by atoms with E-state index in [1.54, 1.807) is 55.5 Å². The summed E-state index contributed by atoms with van der Waals surface area (Å²) in [6, 6.07) is 13.9. The van der Waals surface area contributed by atoms with Crippen LogP contribution < -0.4 is 15.4 Å². The van der Waals surface area contributed by atoms with Crippen molar-refractivity contribution >= 4 is 17.5 Å². The van der Waals surface area contributed by atoms with Crippen molar-refractivity contribution in [3.63, 3.8) is 0 Å². The molecule has 2 amide bonds. The Hall–Kier alpha value is -3.68. The number of carbonyl (C=O) groups excluding carboxylic acids is 2. The van der Waals surface area contributed by atoms with Gasteiger partial charge in [-0.05, 0) is 55.3 Å². The molecule has 148 valence electrons. The molecule has 2 N–H and O–H groups in total. The van der Waals surface area contributed by atoms with Gasteiger partial charge in [0.05, 0.1) is 0 Å². The predicted octanol–water partition coefficient (Wildman–Crippen LogP) is 3.10. The van der Waals surface area contributed by atoms with Gasteiger partial charge in [0.1, 0.15) is 5.75 Å². The summed E-state index contributed by atoms with van der Waals surface area (Å²) in [6.07, 6.45) is 2.05. The summed E-state index contributed by atoms with van der Waals surface area (Å²) >= 11 is 0. The molecule has 0 spiro atoms. The maximum Gasteiger partial charge on any atom is 0.255 e. The van der Waals surface area contributed by atoms with Gasteiger partial charge in [-0.3, -0.25) is 9.59 Å². The van der Waals surface area contributed by atoms with Crippen LogP contribution in [0.15, 0.2) is 53.1 Å². The number of ether oxygens (including phenoxy) is 1. The molecule has 8 heteroatoms. The van der Waals surface area contributed by atoms with Gasteiger partial charge in [0.15, 0.2) is 6.61 Å². The summed E-state index contributed by atoms with van der Waals surface area (Å²) < 4.78 is 10.5. The highest BCUT2D eigenvalue weighted by atomic mass is 16.5.